The Morgan fingerprint density at radius 1 is 1.23 bits per heavy atom. The Bertz CT molecular complexity index is 1100. The number of carbonyl (C=O) groups is 2. The van der Waals surface area contributed by atoms with E-state index >= 15 is 0 Å². The molecule has 162 valence electrons. The van der Waals surface area contributed by atoms with Crippen molar-refractivity contribution in [1.29, 1.82) is 0 Å². The number of hydrogen-bond acceptors (Lipinski definition) is 9. The molecule has 4 rings (SSSR count). The second kappa shape index (κ2) is 8.02. The molecule has 1 aliphatic carbocycles. The first-order valence-electron chi connectivity index (χ1n) is 9.43. The van der Waals surface area contributed by atoms with Crippen LogP contribution >= 0.6 is 11.9 Å². The van der Waals surface area contributed by atoms with E-state index in [-0.39, 0.29) is 23.0 Å². The summed E-state index contributed by atoms with van der Waals surface area (Å²) in [5.41, 5.74) is 5.10. The Balaban J connectivity index is 1.77. The van der Waals surface area contributed by atoms with E-state index in [0.717, 1.165) is 46.5 Å². The van der Waals surface area contributed by atoms with Gasteiger partial charge in [-0.05, 0) is 44.2 Å². The van der Waals surface area contributed by atoms with Crippen molar-refractivity contribution >= 4 is 41.4 Å². The van der Waals surface area contributed by atoms with Gasteiger partial charge in [-0.1, -0.05) is 0 Å². The number of ether oxygens (including phenoxy) is 1. The van der Waals surface area contributed by atoms with Crippen molar-refractivity contribution in [1.82, 2.24) is 15.0 Å². The molecule has 3 heterocycles. The fourth-order valence-corrected chi connectivity index (χ4v) is 4.61. The molecule has 12 heteroatoms. The summed E-state index contributed by atoms with van der Waals surface area (Å²) < 4.78 is 9.64. The lowest BCUT2D eigenvalue weighted by atomic mass is 10.0. The van der Waals surface area contributed by atoms with Gasteiger partial charge in [0.1, 0.15) is 18.0 Å². The van der Waals surface area contributed by atoms with Crippen LogP contribution in [0.15, 0.2) is 31.9 Å². The molecule has 11 nitrogen and oxygen atoms in total. The molecule has 0 saturated carbocycles. The molecule has 0 spiro atoms. The van der Waals surface area contributed by atoms with Crippen molar-refractivity contribution in [2.45, 2.75) is 33.2 Å². The Labute approximate surface area is 181 Å². The number of aromatic nitrogens is 1. The first kappa shape index (κ1) is 20.8. The standard InChI is InChI=1S/C19H20N6O5S/c1-9-6-20-13(10(2)16(9)30-3)7-24-21-12-5-4-11-8-31-23-17(15(22-24)14(11)12)25(18(26)27)19(28)29/h6H,4-5,7-8H2,1-3H3,(H,26,27)(H,28,29). The van der Waals surface area contributed by atoms with Crippen LogP contribution in [0.3, 0.4) is 0 Å². The number of aryl methyl sites for hydroxylation is 1. The number of carboxylic acid groups (broad SMARTS) is 2. The number of methoxy groups -OCH3 is 1. The van der Waals surface area contributed by atoms with Crippen molar-refractivity contribution < 1.29 is 24.5 Å². The van der Waals surface area contributed by atoms with Gasteiger partial charge in [0.15, 0.2) is 5.84 Å². The fourth-order valence-electron chi connectivity index (χ4n) is 3.81. The molecule has 0 saturated heterocycles. The van der Waals surface area contributed by atoms with Gasteiger partial charge < -0.3 is 14.9 Å². The second-order valence-corrected chi connectivity index (χ2v) is 7.87. The van der Waals surface area contributed by atoms with Gasteiger partial charge >= 0.3 is 12.2 Å². The molecule has 0 bridgehead atoms. The molecule has 2 N–H and O–H groups in total. The smallest absolute Gasteiger partial charge is 0.422 e. The highest BCUT2D eigenvalue weighted by atomic mass is 32.2. The van der Waals surface area contributed by atoms with E-state index < -0.39 is 12.2 Å². The minimum atomic E-state index is -1.65. The summed E-state index contributed by atoms with van der Waals surface area (Å²) in [6.45, 7) is 4.00. The van der Waals surface area contributed by atoms with Crippen molar-refractivity contribution in [2.75, 3.05) is 12.9 Å². The van der Waals surface area contributed by atoms with Crippen molar-refractivity contribution in [2.24, 2.45) is 14.6 Å². The van der Waals surface area contributed by atoms with Crippen LogP contribution in [0.25, 0.3) is 0 Å². The van der Waals surface area contributed by atoms with Crippen LogP contribution in [0.1, 0.15) is 29.7 Å². The molecule has 3 aliphatic rings. The molecule has 1 aromatic rings. The monoisotopic (exact) mass is 444 g/mol. The normalized spacial score (nSPS) is 17.4. The third-order valence-corrected chi connectivity index (χ3v) is 6.01. The highest BCUT2D eigenvalue weighted by Gasteiger charge is 2.39. The lowest BCUT2D eigenvalue weighted by Gasteiger charge is -2.25. The predicted molar refractivity (Wildman–Crippen MR) is 115 cm³/mol. The minimum Gasteiger partial charge on any atom is -0.496 e. The van der Waals surface area contributed by atoms with Gasteiger partial charge in [0.2, 0.25) is 0 Å². The maximum absolute atomic E-state index is 11.6. The first-order chi connectivity index (χ1) is 14.8. The zero-order chi connectivity index (χ0) is 22.3. The van der Waals surface area contributed by atoms with E-state index in [1.807, 2.05) is 13.8 Å². The van der Waals surface area contributed by atoms with E-state index in [0.29, 0.717) is 23.4 Å². The van der Waals surface area contributed by atoms with Gasteiger partial charge in [-0.2, -0.15) is 24.6 Å². The SMILES string of the molecule is COc1c(C)cnc(CN2N=C3CCC4=C3C(=N2)C(N(C(=O)O)C(=O)O)=NSC4)c1C. The summed E-state index contributed by atoms with van der Waals surface area (Å²) in [5.74, 6) is 1.02. The van der Waals surface area contributed by atoms with Crippen LogP contribution in [0.2, 0.25) is 0 Å². The van der Waals surface area contributed by atoms with E-state index in [9.17, 15) is 19.8 Å². The number of rotatable bonds is 3. The lowest BCUT2D eigenvalue weighted by molar-refractivity contribution is 0.145. The second-order valence-electron chi connectivity index (χ2n) is 7.14. The topological polar surface area (TPSA) is 140 Å². The van der Waals surface area contributed by atoms with Gasteiger partial charge in [0.25, 0.3) is 0 Å². The van der Waals surface area contributed by atoms with Crippen molar-refractivity contribution in [3.8, 4) is 5.75 Å². The maximum Gasteiger partial charge on any atom is 0.422 e. The number of amides is 2. The van der Waals surface area contributed by atoms with Gasteiger partial charge in [0.05, 0.1) is 18.5 Å². The van der Waals surface area contributed by atoms with E-state index in [1.54, 1.807) is 13.3 Å². The van der Waals surface area contributed by atoms with Gasteiger partial charge in [-0.3, -0.25) is 4.98 Å². The number of imide groups is 1. The molecule has 0 unspecified atom stereocenters. The molecular weight excluding hydrogens is 424 g/mol. The molecule has 31 heavy (non-hydrogen) atoms. The van der Waals surface area contributed by atoms with E-state index in [4.69, 9.17) is 4.74 Å². The van der Waals surface area contributed by atoms with Crippen LogP contribution in [0.4, 0.5) is 9.59 Å². The van der Waals surface area contributed by atoms with Crippen molar-refractivity contribution in [3.63, 3.8) is 0 Å². The quantitative estimate of drug-likeness (QED) is 0.678. The third-order valence-electron chi connectivity index (χ3n) is 5.23. The van der Waals surface area contributed by atoms with Gasteiger partial charge in [-0.15, -0.1) is 0 Å². The van der Waals surface area contributed by atoms with Crippen LogP contribution in [0.5, 0.6) is 5.75 Å². The Kier molecular flexibility index (Phi) is 5.39. The minimum absolute atomic E-state index is 0.194. The highest BCUT2D eigenvalue weighted by Crippen LogP contribution is 2.35. The number of pyridine rings is 1. The lowest BCUT2D eigenvalue weighted by Crippen LogP contribution is -2.46. The summed E-state index contributed by atoms with van der Waals surface area (Å²) in [6.07, 6.45) is -0.179. The third kappa shape index (κ3) is 3.63. The van der Waals surface area contributed by atoms with Crippen LogP contribution < -0.4 is 4.74 Å². The van der Waals surface area contributed by atoms with Gasteiger partial charge in [0, 0.05) is 28.6 Å². The molecule has 0 radical (unpaired) electrons. The number of hydrazone groups is 2. The van der Waals surface area contributed by atoms with Crippen LogP contribution in [0, 0.1) is 13.8 Å². The number of amidine groups is 1. The molecule has 2 amide bonds. The maximum atomic E-state index is 11.6. The predicted octanol–water partition coefficient (Wildman–Crippen LogP) is 3.04. The summed E-state index contributed by atoms with van der Waals surface area (Å²) >= 11 is 1.11. The highest BCUT2D eigenvalue weighted by molar-refractivity contribution is 7.98. The fraction of sp³-hybridized carbons (Fsp3) is 0.368. The summed E-state index contributed by atoms with van der Waals surface area (Å²) in [7, 11) is 1.59. The van der Waals surface area contributed by atoms with Crippen LogP contribution in [-0.2, 0) is 6.54 Å². The molecule has 2 aliphatic heterocycles. The zero-order valence-electron chi connectivity index (χ0n) is 17.1. The zero-order valence-corrected chi connectivity index (χ0v) is 17.9. The van der Waals surface area contributed by atoms with Crippen LogP contribution in [-0.4, -0.2) is 67.5 Å². The first-order valence-corrected chi connectivity index (χ1v) is 10.4. The summed E-state index contributed by atoms with van der Waals surface area (Å²) in [5, 5.41) is 29.4. The van der Waals surface area contributed by atoms with E-state index in [2.05, 4.69) is 19.6 Å². The molecule has 0 atom stereocenters. The summed E-state index contributed by atoms with van der Waals surface area (Å²) in [6, 6.07) is 0. The average molecular weight is 444 g/mol. The Morgan fingerprint density at radius 2 is 1.97 bits per heavy atom. The molecular formula is C19H20N6O5S. The Morgan fingerprint density at radius 3 is 2.65 bits per heavy atom. The largest absolute Gasteiger partial charge is 0.496 e. The molecule has 1 aromatic heterocycles. The van der Waals surface area contributed by atoms with E-state index in [1.165, 1.54) is 5.12 Å². The number of hydrogen-bond donors (Lipinski definition) is 2. The Hall–Kier alpha value is -3.41. The summed E-state index contributed by atoms with van der Waals surface area (Å²) in [4.78, 5) is 27.9. The average Bonchev–Trinajstić information content (AvgIpc) is 3.02. The molecule has 0 aromatic carbocycles. The molecule has 0 fully saturated rings. The number of nitrogens with zero attached hydrogens (tertiary/aromatic N) is 6. The van der Waals surface area contributed by atoms with Gasteiger partial charge in [-0.25, -0.2) is 9.59 Å². The van der Waals surface area contributed by atoms with Crippen molar-refractivity contribution in [3.05, 3.63) is 34.2 Å².